The zero-order valence-corrected chi connectivity index (χ0v) is 12.6. The molecule has 0 radical (unpaired) electrons. The van der Waals surface area contributed by atoms with E-state index in [1.807, 2.05) is 6.92 Å². The molecule has 21 heavy (non-hydrogen) atoms. The molecule has 0 unspecified atom stereocenters. The summed E-state index contributed by atoms with van der Waals surface area (Å²) in [6, 6.07) is 15.1. The second-order valence-corrected chi connectivity index (χ2v) is 5.96. The van der Waals surface area contributed by atoms with E-state index in [1.54, 1.807) is 0 Å². The molecule has 1 aliphatic carbocycles. The minimum atomic E-state index is -0.181. The van der Waals surface area contributed by atoms with Crippen LogP contribution in [-0.2, 0) is 4.79 Å². The third-order valence-electron chi connectivity index (χ3n) is 4.11. The molecule has 3 nitrogen and oxygen atoms in total. The molecule has 110 valence electrons. The van der Waals surface area contributed by atoms with Crippen molar-refractivity contribution in [2.24, 2.45) is 0 Å². The standard InChI is InChI=1S/C18H22N2O/c1-12(19-13(2)18(21)20-15-10-11-15)16-9-5-7-14-6-3-4-8-17(14)16/h3-9,12-13,15,19H,10-11H2,1-2H3,(H,20,21)/t12-,13+/m1/s1. The smallest absolute Gasteiger partial charge is 0.237 e. The first-order valence-electron chi connectivity index (χ1n) is 7.69. The molecule has 3 rings (SSSR count). The maximum absolute atomic E-state index is 12.1. The molecule has 0 spiro atoms. The molecule has 0 bridgehead atoms. The molecule has 0 heterocycles. The molecule has 0 aromatic heterocycles. The lowest BCUT2D eigenvalue weighted by atomic mass is 9.99. The Balaban J connectivity index is 1.74. The third kappa shape index (κ3) is 3.24. The van der Waals surface area contributed by atoms with E-state index in [0.29, 0.717) is 6.04 Å². The lowest BCUT2D eigenvalue weighted by Crippen LogP contribution is -2.43. The number of fused-ring (bicyclic) bond motifs is 1. The van der Waals surface area contributed by atoms with Gasteiger partial charge in [0.15, 0.2) is 0 Å². The van der Waals surface area contributed by atoms with Crippen molar-refractivity contribution < 1.29 is 4.79 Å². The summed E-state index contributed by atoms with van der Waals surface area (Å²) in [5, 5.41) is 8.94. The molecular formula is C18H22N2O. The lowest BCUT2D eigenvalue weighted by Gasteiger charge is -2.21. The van der Waals surface area contributed by atoms with Gasteiger partial charge in [-0.1, -0.05) is 42.5 Å². The van der Waals surface area contributed by atoms with Crippen molar-refractivity contribution in [2.75, 3.05) is 0 Å². The first-order valence-corrected chi connectivity index (χ1v) is 7.69. The maximum atomic E-state index is 12.1. The lowest BCUT2D eigenvalue weighted by molar-refractivity contribution is -0.123. The van der Waals surface area contributed by atoms with Gasteiger partial charge in [0.05, 0.1) is 6.04 Å². The fourth-order valence-electron chi connectivity index (χ4n) is 2.72. The van der Waals surface area contributed by atoms with Crippen LogP contribution in [-0.4, -0.2) is 18.0 Å². The van der Waals surface area contributed by atoms with Crippen LogP contribution in [0, 0.1) is 0 Å². The van der Waals surface area contributed by atoms with Crippen LogP contribution >= 0.6 is 0 Å². The summed E-state index contributed by atoms with van der Waals surface area (Å²) in [5.41, 5.74) is 1.24. The van der Waals surface area contributed by atoms with Gasteiger partial charge in [-0.25, -0.2) is 0 Å². The average molecular weight is 282 g/mol. The Labute approximate surface area is 125 Å². The molecule has 0 saturated heterocycles. The highest BCUT2D eigenvalue weighted by atomic mass is 16.2. The summed E-state index contributed by atoms with van der Waals surface area (Å²) in [7, 11) is 0. The maximum Gasteiger partial charge on any atom is 0.237 e. The minimum absolute atomic E-state index is 0.101. The highest BCUT2D eigenvalue weighted by Gasteiger charge is 2.26. The third-order valence-corrected chi connectivity index (χ3v) is 4.11. The molecule has 2 atom stereocenters. The van der Waals surface area contributed by atoms with Crippen LogP contribution in [0.2, 0.25) is 0 Å². The van der Waals surface area contributed by atoms with E-state index >= 15 is 0 Å². The predicted molar refractivity (Wildman–Crippen MR) is 86.1 cm³/mol. The van der Waals surface area contributed by atoms with Crippen LogP contribution in [0.15, 0.2) is 42.5 Å². The number of amides is 1. The van der Waals surface area contributed by atoms with Crippen molar-refractivity contribution in [3.8, 4) is 0 Å². The van der Waals surface area contributed by atoms with Crippen LogP contribution in [0.4, 0.5) is 0 Å². The van der Waals surface area contributed by atoms with Crippen molar-refractivity contribution in [2.45, 2.75) is 44.8 Å². The van der Waals surface area contributed by atoms with E-state index < -0.39 is 0 Å². The van der Waals surface area contributed by atoms with Crippen LogP contribution < -0.4 is 10.6 Å². The number of hydrogen-bond acceptors (Lipinski definition) is 2. The molecule has 1 amide bonds. The average Bonchev–Trinajstić information content (AvgIpc) is 3.30. The van der Waals surface area contributed by atoms with E-state index in [0.717, 1.165) is 12.8 Å². The Hall–Kier alpha value is -1.87. The van der Waals surface area contributed by atoms with Crippen LogP contribution in [0.1, 0.15) is 38.3 Å². The van der Waals surface area contributed by atoms with Gasteiger partial charge >= 0.3 is 0 Å². The van der Waals surface area contributed by atoms with E-state index in [4.69, 9.17) is 0 Å². The molecule has 1 saturated carbocycles. The topological polar surface area (TPSA) is 41.1 Å². The fraction of sp³-hybridized carbons (Fsp3) is 0.389. The number of nitrogens with one attached hydrogen (secondary N) is 2. The molecule has 2 N–H and O–H groups in total. The minimum Gasteiger partial charge on any atom is -0.352 e. The summed E-state index contributed by atoms with van der Waals surface area (Å²) in [6.07, 6.45) is 2.24. The van der Waals surface area contributed by atoms with Gasteiger partial charge in [-0.2, -0.15) is 0 Å². The first kappa shape index (κ1) is 14.1. The Morgan fingerprint density at radius 3 is 2.57 bits per heavy atom. The molecule has 1 fully saturated rings. The first-order chi connectivity index (χ1) is 10.1. The van der Waals surface area contributed by atoms with Crippen LogP contribution in [0.5, 0.6) is 0 Å². The summed E-state index contributed by atoms with van der Waals surface area (Å²) < 4.78 is 0. The van der Waals surface area contributed by atoms with Crippen molar-refractivity contribution in [3.63, 3.8) is 0 Å². The highest BCUT2D eigenvalue weighted by molar-refractivity contribution is 5.86. The number of benzene rings is 2. The highest BCUT2D eigenvalue weighted by Crippen LogP contribution is 2.24. The zero-order chi connectivity index (χ0) is 14.8. The Kier molecular flexibility index (Phi) is 3.93. The SMILES string of the molecule is C[C@H](N[C@H](C)c1cccc2ccccc12)C(=O)NC1CC1. The van der Waals surface area contributed by atoms with Gasteiger partial charge in [0.25, 0.3) is 0 Å². The summed E-state index contributed by atoms with van der Waals surface area (Å²) in [6.45, 7) is 4.04. The van der Waals surface area contributed by atoms with Crippen LogP contribution in [0.25, 0.3) is 10.8 Å². The molecule has 3 heteroatoms. The Morgan fingerprint density at radius 2 is 1.81 bits per heavy atom. The van der Waals surface area contributed by atoms with Gasteiger partial charge in [0, 0.05) is 12.1 Å². The Bertz CT molecular complexity index is 643. The summed E-state index contributed by atoms with van der Waals surface area (Å²) in [4.78, 5) is 12.1. The molecule has 0 aliphatic heterocycles. The van der Waals surface area contributed by atoms with Gasteiger partial charge in [0.2, 0.25) is 5.91 Å². The predicted octanol–water partition coefficient (Wildman–Crippen LogP) is 3.16. The zero-order valence-electron chi connectivity index (χ0n) is 12.6. The van der Waals surface area contributed by atoms with Gasteiger partial charge in [-0.15, -0.1) is 0 Å². The number of hydrogen-bond donors (Lipinski definition) is 2. The Morgan fingerprint density at radius 1 is 1.10 bits per heavy atom. The monoisotopic (exact) mass is 282 g/mol. The second-order valence-electron chi connectivity index (χ2n) is 5.96. The number of carbonyl (C=O) groups excluding carboxylic acids is 1. The normalized spacial score (nSPS) is 17.4. The largest absolute Gasteiger partial charge is 0.352 e. The number of carbonyl (C=O) groups is 1. The van der Waals surface area contributed by atoms with Gasteiger partial charge in [0.1, 0.15) is 0 Å². The van der Waals surface area contributed by atoms with Crippen LogP contribution in [0.3, 0.4) is 0 Å². The van der Waals surface area contributed by atoms with E-state index in [9.17, 15) is 4.79 Å². The van der Waals surface area contributed by atoms with Gasteiger partial charge in [-0.3, -0.25) is 10.1 Å². The molecule has 2 aromatic rings. The number of rotatable bonds is 5. The quantitative estimate of drug-likeness (QED) is 0.884. The summed E-state index contributed by atoms with van der Waals surface area (Å²) >= 11 is 0. The van der Waals surface area contributed by atoms with Crippen molar-refractivity contribution in [1.29, 1.82) is 0 Å². The molecule has 1 aliphatic rings. The fourth-order valence-corrected chi connectivity index (χ4v) is 2.72. The van der Waals surface area contributed by atoms with E-state index in [-0.39, 0.29) is 18.0 Å². The van der Waals surface area contributed by atoms with E-state index in [1.165, 1.54) is 16.3 Å². The van der Waals surface area contributed by atoms with Crippen molar-refractivity contribution in [3.05, 3.63) is 48.0 Å². The van der Waals surface area contributed by atoms with Gasteiger partial charge in [-0.05, 0) is 43.0 Å². The second kappa shape index (κ2) is 5.86. The van der Waals surface area contributed by atoms with Gasteiger partial charge < -0.3 is 5.32 Å². The molecular weight excluding hydrogens is 260 g/mol. The van der Waals surface area contributed by atoms with Crippen molar-refractivity contribution >= 4 is 16.7 Å². The molecule has 2 aromatic carbocycles. The summed E-state index contributed by atoms with van der Waals surface area (Å²) in [5.74, 6) is 0.101. The van der Waals surface area contributed by atoms with E-state index in [2.05, 4.69) is 60.0 Å². The van der Waals surface area contributed by atoms with Crippen molar-refractivity contribution in [1.82, 2.24) is 10.6 Å².